The number of anilines is 1. The molecule has 0 aromatic heterocycles. The minimum atomic E-state index is -3.82. The molecular weight excluding hydrogens is 578 g/mol. The maximum atomic E-state index is 14.1. The number of benzene rings is 3. The molecule has 0 aliphatic carbocycles. The van der Waals surface area contributed by atoms with Gasteiger partial charge in [-0.3, -0.25) is 13.9 Å². The third-order valence-corrected chi connectivity index (χ3v) is 7.92. The number of nitrogens with one attached hydrogen (secondary N) is 1. The lowest BCUT2D eigenvalue weighted by Crippen LogP contribution is -2.54. The first-order valence-electron chi connectivity index (χ1n) is 12.8. The molecule has 0 radical (unpaired) electrons. The van der Waals surface area contributed by atoms with Crippen LogP contribution in [0.5, 0.6) is 0 Å². The number of carbonyl (C=O) groups excluding carboxylic acids is 2. The number of amides is 2. The predicted octanol–water partition coefficient (Wildman–Crippen LogP) is 5.00. The summed E-state index contributed by atoms with van der Waals surface area (Å²) in [6, 6.07) is 21.5. The van der Waals surface area contributed by atoms with E-state index >= 15 is 0 Å². The maximum Gasteiger partial charge on any atom is 0.244 e. The van der Waals surface area contributed by atoms with Crippen molar-refractivity contribution in [2.24, 2.45) is 0 Å². The lowest BCUT2D eigenvalue weighted by Gasteiger charge is -2.34. The second-order valence-electron chi connectivity index (χ2n) is 10.0. The highest BCUT2D eigenvalue weighted by atomic mass is 79.9. The number of para-hydroxylation sites is 1. The fourth-order valence-corrected chi connectivity index (χ4v) is 5.95. The van der Waals surface area contributed by atoms with Crippen molar-refractivity contribution in [3.8, 4) is 0 Å². The minimum absolute atomic E-state index is 0.131. The summed E-state index contributed by atoms with van der Waals surface area (Å²) in [5.41, 5.74) is 3.66. The highest BCUT2D eigenvalue weighted by Gasteiger charge is 2.33. The van der Waals surface area contributed by atoms with Crippen LogP contribution in [0.4, 0.5) is 5.69 Å². The summed E-state index contributed by atoms with van der Waals surface area (Å²) in [6.45, 7) is 7.07. The van der Waals surface area contributed by atoms with Gasteiger partial charge in [0.05, 0.1) is 11.9 Å². The third kappa shape index (κ3) is 8.41. The van der Waals surface area contributed by atoms with Crippen molar-refractivity contribution in [2.75, 3.05) is 17.1 Å². The summed E-state index contributed by atoms with van der Waals surface area (Å²) in [5, 5.41) is 2.96. The number of hydrogen-bond donors (Lipinski definition) is 1. The van der Waals surface area contributed by atoms with E-state index in [0.29, 0.717) is 5.69 Å². The zero-order chi connectivity index (χ0) is 28.7. The van der Waals surface area contributed by atoms with E-state index in [4.69, 9.17) is 0 Å². The molecule has 3 rings (SSSR count). The molecule has 0 aliphatic rings. The highest BCUT2D eigenvalue weighted by molar-refractivity contribution is 9.10. The molecule has 0 saturated heterocycles. The van der Waals surface area contributed by atoms with Crippen molar-refractivity contribution < 1.29 is 18.0 Å². The van der Waals surface area contributed by atoms with Crippen LogP contribution in [-0.2, 0) is 32.6 Å². The van der Waals surface area contributed by atoms with Gasteiger partial charge in [0.15, 0.2) is 0 Å². The first kappa shape index (κ1) is 30.4. The molecule has 0 heterocycles. The average molecular weight is 615 g/mol. The van der Waals surface area contributed by atoms with Gasteiger partial charge in [0.1, 0.15) is 12.6 Å². The van der Waals surface area contributed by atoms with Crippen LogP contribution in [0.25, 0.3) is 0 Å². The molecule has 208 valence electrons. The molecule has 7 nitrogen and oxygen atoms in total. The Morgan fingerprint density at radius 3 is 2.05 bits per heavy atom. The van der Waals surface area contributed by atoms with Crippen LogP contribution in [0, 0.1) is 13.8 Å². The standard InChI is InChI=1S/C30H36BrN3O4S/c1-21(2)32-30(36)27(18-24-13-7-6-8-14-24)33(19-25-15-10-16-26(31)17-25)28(35)20-34(39(5,37)38)29-22(3)11-9-12-23(29)4/h6-17,21,27H,18-20H2,1-5H3,(H,32,36). The molecule has 3 aromatic carbocycles. The number of nitrogens with zero attached hydrogens (tertiary/aromatic N) is 2. The fraction of sp³-hybridized carbons (Fsp3) is 0.333. The van der Waals surface area contributed by atoms with E-state index in [-0.39, 0.29) is 24.9 Å². The van der Waals surface area contributed by atoms with Gasteiger partial charge in [-0.1, -0.05) is 76.6 Å². The van der Waals surface area contributed by atoms with Crippen molar-refractivity contribution in [1.29, 1.82) is 0 Å². The third-order valence-electron chi connectivity index (χ3n) is 6.31. The van der Waals surface area contributed by atoms with Gasteiger partial charge in [-0.2, -0.15) is 0 Å². The van der Waals surface area contributed by atoms with Crippen molar-refractivity contribution in [1.82, 2.24) is 10.2 Å². The number of aryl methyl sites for hydroxylation is 2. The Bertz CT molecular complexity index is 1390. The van der Waals surface area contributed by atoms with Crippen LogP contribution >= 0.6 is 15.9 Å². The predicted molar refractivity (Wildman–Crippen MR) is 160 cm³/mol. The van der Waals surface area contributed by atoms with Crippen LogP contribution in [0.3, 0.4) is 0 Å². The molecule has 3 aromatic rings. The Labute approximate surface area is 240 Å². The molecule has 1 unspecified atom stereocenters. The van der Waals surface area contributed by atoms with E-state index in [1.165, 1.54) is 4.90 Å². The van der Waals surface area contributed by atoms with Gasteiger partial charge in [-0.25, -0.2) is 8.42 Å². The monoisotopic (exact) mass is 613 g/mol. The average Bonchev–Trinajstić information content (AvgIpc) is 2.85. The van der Waals surface area contributed by atoms with Crippen molar-refractivity contribution in [2.45, 2.75) is 52.7 Å². The van der Waals surface area contributed by atoms with Crippen molar-refractivity contribution >= 4 is 43.5 Å². The molecule has 1 atom stereocenters. The van der Waals surface area contributed by atoms with E-state index in [0.717, 1.165) is 37.3 Å². The molecule has 0 fully saturated rings. The number of rotatable bonds is 11. The van der Waals surface area contributed by atoms with Crippen LogP contribution in [-0.4, -0.2) is 50.0 Å². The number of carbonyl (C=O) groups is 2. The Morgan fingerprint density at radius 2 is 1.49 bits per heavy atom. The zero-order valence-electron chi connectivity index (χ0n) is 23.0. The SMILES string of the molecule is Cc1cccc(C)c1N(CC(=O)N(Cc1cccc(Br)c1)C(Cc1ccccc1)C(=O)NC(C)C)S(C)(=O)=O. The largest absolute Gasteiger partial charge is 0.352 e. The summed E-state index contributed by atoms with van der Waals surface area (Å²) >= 11 is 3.48. The van der Waals surface area contributed by atoms with E-state index < -0.39 is 28.5 Å². The Kier molecular flexibility index (Phi) is 10.3. The van der Waals surface area contributed by atoms with Crippen LogP contribution in [0.2, 0.25) is 0 Å². The summed E-state index contributed by atoms with van der Waals surface area (Å²) in [6.07, 6.45) is 1.37. The van der Waals surface area contributed by atoms with Gasteiger partial charge in [-0.15, -0.1) is 0 Å². The van der Waals surface area contributed by atoms with Crippen molar-refractivity contribution in [3.63, 3.8) is 0 Å². The smallest absolute Gasteiger partial charge is 0.244 e. The molecule has 39 heavy (non-hydrogen) atoms. The lowest BCUT2D eigenvalue weighted by atomic mass is 10.0. The maximum absolute atomic E-state index is 14.1. The normalized spacial score (nSPS) is 12.2. The molecule has 2 amide bonds. The van der Waals surface area contributed by atoms with Gasteiger partial charge in [0, 0.05) is 23.5 Å². The van der Waals surface area contributed by atoms with Crippen LogP contribution in [0.1, 0.15) is 36.1 Å². The van der Waals surface area contributed by atoms with Gasteiger partial charge < -0.3 is 10.2 Å². The Hall–Kier alpha value is -3.17. The van der Waals surface area contributed by atoms with E-state index in [9.17, 15) is 18.0 Å². The van der Waals surface area contributed by atoms with Crippen LogP contribution < -0.4 is 9.62 Å². The lowest BCUT2D eigenvalue weighted by molar-refractivity contribution is -0.140. The molecule has 0 saturated carbocycles. The first-order valence-corrected chi connectivity index (χ1v) is 15.4. The summed E-state index contributed by atoms with van der Waals surface area (Å²) in [7, 11) is -3.82. The highest BCUT2D eigenvalue weighted by Crippen LogP contribution is 2.27. The summed E-state index contributed by atoms with van der Waals surface area (Å²) in [4.78, 5) is 29.2. The fourth-order valence-electron chi connectivity index (χ4n) is 4.54. The second kappa shape index (κ2) is 13.3. The Morgan fingerprint density at radius 1 is 0.897 bits per heavy atom. The second-order valence-corrected chi connectivity index (χ2v) is 12.9. The summed E-state index contributed by atoms with van der Waals surface area (Å²) < 4.78 is 28.0. The quantitative estimate of drug-likeness (QED) is 0.330. The van der Waals surface area contributed by atoms with Gasteiger partial charge in [-0.05, 0) is 62.1 Å². The number of sulfonamides is 1. The molecule has 0 aliphatic heterocycles. The van der Waals surface area contributed by atoms with E-state index in [2.05, 4.69) is 21.2 Å². The van der Waals surface area contributed by atoms with Gasteiger partial charge in [0.2, 0.25) is 21.8 Å². The number of halogens is 1. The molecule has 0 spiro atoms. The Balaban J connectivity index is 2.09. The molecule has 9 heteroatoms. The molecule has 0 bridgehead atoms. The molecular formula is C30H36BrN3O4S. The minimum Gasteiger partial charge on any atom is -0.352 e. The zero-order valence-corrected chi connectivity index (χ0v) is 25.4. The van der Waals surface area contributed by atoms with Gasteiger partial charge in [0.25, 0.3) is 0 Å². The molecule has 1 N–H and O–H groups in total. The van der Waals surface area contributed by atoms with E-state index in [1.807, 2.05) is 100 Å². The first-order chi connectivity index (χ1) is 18.4. The van der Waals surface area contributed by atoms with Crippen molar-refractivity contribution in [3.05, 3.63) is 99.5 Å². The number of hydrogen-bond acceptors (Lipinski definition) is 4. The summed E-state index contributed by atoms with van der Waals surface area (Å²) in [5.74, 6) is -0.766. The van der Waals surface area contributed by atoms with Crippen LogP contribution in [0.15, 0.2) is 77.3 Å². The van der Waals surface area contributed by atoms with Gasteiger partial charge >= 0.3 is 0 Å². The topological polar surface area (TPSA) is 86.8 Å². The van der Waals surface area contributed by atoms with E-state index in [1.54, 1.807) is 0 Å².